The molecule has 2 nitrogen and oxygen atoms in total. The summed E-state index contributed by atoms with van der Waals surface area (Å²) in [5.41, 5.74) is 19.3. The fraction of sp³-hybridized carbons (Fsp3) is 0. The Bertz CT molecular complexity index is 3290. The summed E-state index contributed by atoms with van der Waals surface area (Å²) in [6.07, 6.45) is 0. The first-order valence-electron chi connectivity index (χ1n) is 20.7. The average molecular weight is 763 g/mol. The van der Waals surface area contributed by atoms with E-state index in [2.05, 4.69) is 240 Å². The molecule has 0 unspecified atom stereocenters. The first-order chi connectivity index (χ1) is 29.8. The molecule has 60 heavy (non-hydrogen) atoms. The van der Waals surface area contributed by atoms with Crippen molar-refractivity contribution in [2.75, 3.05) is 4.90 Å². The van der Waals surface area contributed by atoms with Gasteiger partial charge in [-0.05, 0) is 133 Å². The number of hydrogen-bond donors (Lipinski definition) is 0. The summed E-state index contributed by atoms with van der Waals surface area (Å²) >= 11 is 0. The van der Waals surface area contributed by atoms with Crippen molar-refractivity contribution >= 4 is 49.6 Å². The molecule has 0 spiro atoms. The summed E-state index contributed by atoms with van der Waals surface area (Å²) in [5.74, 6) is 0. The van der Waals surface area contributed by atoms with Crippen LogP contribution in [0.3, 0.4) is 0 Å². The molecule has 10 aromatic carbocycles. The van der Waals surface area contributed by atoms with Crippen LogP contribution in [0, 0.1) is 0 Å². The maximum absolute atomic E-state index is 2.45. The Labute approximate surface area is 349 Å². The molecule has 12 rings (SSSR count). The quantitative estimate of drug-likeness (QED) is 0.164. The van der Waals surface area contributed by atoms with Gasteiger partial charge < -0.3 is 9.47 Å². The molecule has 0 N–H and O–H groups in total. The first-order valence-corrected chi connectivity index (χ1v) is 20.7. The van der Waals surface area contributed by atoms with Gasteiger partial charge in [0, 0.05) is 33.5 Å². The number of aromatic nitrogens is 1. The van der Waals surface area contributed by atoms with E-state index in [0.717, 1.165) is 22.7 Å². The zero-order valence-electron chi connectivity index (χ0n) is 32.8. The summed E-state index contributed by atoms with van der Waals surface area (Å²) in [6.45, 7) is 0. The predicted octanol–water partition coefficient (Wildman–Crippen LogP) is 16.1. The second-order valence-corrected chi connectivity index (χ2v) is 15.7. The highest BCUT2D eigenvalue weighted by Gasteiger charge is 2.24. The van der Waals surface area contributed by atoms with Gasteiger partial charge in [-0.1, -0.05) is 164 Å². The van der Waals surface area contributed by atoms with Gasteiger partial charge in [-0.3, -0.25) is 0 Å². The Kier molecular flexibility index (Phi) is 7.89. The van der Waals surface area contributed by atoms with Crippen molar-refractivity contribution in [3.05, 3.63) is 231 Å². The molecule has 0 bridgehead atoms. The van der Waals surface area contributed by atoms with E-state index in [1.54, 1.807) is 0 Å². The minimum Gasteiger partial charge on any atom is -0.311 e. The SMILES string of the molecule is c1ccc(-c2ccc(N(c3ccc(-c4ccccc4)cc3)c3ccc(-n4c5ccccc5c5cc6c(cc54)-c4cccc5cccc(c45)-c4ccccc4-6)cc3)cc2)cc1. The van der Waals surface area contributed by atoms with E-state index in [-0.39, 0.29) is 0 Å². The molecule has 0 amide bonds. The molecule has 1 aliphatic rings. The Morgan fingerprint density at radius 2 is 0.733 bits per heavy atom. The molecule has 1 aromatic heterocycles. The van der Waals surface area contributed by atoms with Gasteiger partial charge in [-0.2, -0.15) is 0 Å². The van der Waals surface area contributed by atoms with Crippen LogP contribution in [0.1, 0.15) is 0 Å². The highest BCUT2D eigenvalue weighted by atomic mass is 15.1. The van der Waals surface area contributed by atoms with Crippen molar-refractivity contribution in [2.45, 2.75) is 0 Å². The second kappa shape index (κ2) is 13.9. The summed E-state index contributed by atoms with van der Waals surface area (Å²) in [5, 5.41) is 5.07. The van der Waals surface area contributed by atoms with Crippen molar-refractivity contribution in [3.63, 3.8) is 0 Å². The van der Waals surface area contributed by atoms with Gasteiger partial charge in [0.1, 0.15) is 0 Å². The average Bonchev–Trinajstić information content (AvgIpc) is 3.59. The highest BCUT2D eigenvalue weighted by molar-refractivity contribution is 6.18. The van der Waals surface area contributed by atoms with Crippen LogP contribution in [-0.2, 0) is 0 Å². The smallest absolute Gasteiger partial charge is 0.0547 e. The van der Waals surface area contributed by atoms with Gasteiger partial charge in [0.05, 0.1) is 11.0 Å². The van der Waals surface area contributed by atoms with Crippen LogP contribution in [0.15, 0.2) is 231 Å². The second-order valence-electron chi connectivity index (χ2n) is 15.7. The Balaban J connectivity index is 1.02. The number of fused-ring (bicyclic) bond motifs is 8. The number of hydrogen-bond acceptors (Lipinski definition) is 1. The topological polar surface area (TPSA) is 8.17 Å². The van der Waals surface area contributed by atoms with Crippen LogP contribution in [-0.4, -0.2) is 4.57 Å². The van der Waals surface area contributed by atoms with Gasteiger partial charge >= 0.3 is 0 Å². The van der Waals surface area contributed by atoms with Gasteiger partial charge in [-0.25, -0.2) is 0 Å². The van der Waals surface area contributed by atoms with Gasteiger partial charge in [0.15, 0.2) is 0 Å². The number of nitrogens with zero attached hydrogens (tertiary/aromatic N) is 2. The van der Waals surface area contributed by atoms with Crippen molar-refractivity contribution in [1.29, 1.82) is 0 Å². The third kappa shape index (κ3) is 5.50. The molecule has 11 aromatic rings. The van der Waals surface area contributed by atoms with Crippen molar-refractivity contribution in [1.82, 2.24) is 4.57 Å². The molecule has 1 aliphatic carbocycles. The van der Waals surface area contributed by atoms with Gasteiger partial charge in [0.2, 0.25) is 0 Å². The third-order valence-electron chi connectivity index (χ3n) is 12.3. The molecule has 0 atom stereocenters. The van der Waals surface area contributed by atoms with E-state index in [1.807, 2.05) is 0 Å². The Morgan fingerprint density at radius 3 is 1.33 bits per heavy atom. The lowest BCUT2D eigenvalue weighted by Gasteiger charge is -2.26. The van der Waals surface area contributed by atoms with Crippen LogP contribution < -0.4 is 4.90 Å². The normalized spacial score (nSPS) is 11.7. The molecular weight excluding hydrogens is 725 g/mol. The lowest BCUT2D eigenvalue weighted by molar-refractivity contribution is 1.17. The van der Waals surface area contributed by atoms with E-state index in [1.165, 1.54) is 88.2 Å². The van der Waals surface area contributed by atoms with Crippen LogP contribution in [0.2, 0.25) is 0 Å². The summed E-state index contributed by atoms with van der Waals surface area (Å²) in [6, 6.07) is 84.2. The zero-order chi connectivity index (χ0) is 39.6. The molecule has 2 heteroatoms. The summed E-state index contributed by atoms with van der Waals surface area (Å²) in [7, 11) is 0. The molecule has 0 fully saturated rings. The van der Waals surface area contributed by atoms with Crippen LogP contribution >= 0.6 is 0 Å². The molecule has 0 saturated carbocycles. The Morgan fingerprint density at radius 1 is 0.283 bits per heavy atom. The number of rotatable bonds is 6. The standard InChI is InChI=1S/C58H38N2/c1-3-13-39(14-4-1)41-25-29-44(30-26-41)59(45-31-27-42(28-32-45)40-15-5-2-6-16-40)46-33-35-47(36-34-46)60-56-24-10-9-21-50(56)55-37-53-49-20-8-7-19-48(49)51-22-11-17-43-18-12-23-52(58(43)51)54(53)38-57(55)60/h1-38H. The zero-order valence-corrected chi connectivity index (χ0v) is 32.8. The van der Waals surface area contributed by atoms with Crippen molar-refractivity contribution in [3.8, 4) is 61.3 Å². The van der Waals surface area contributed by atoms with Crippen molar-refractivity contribution in [2.24, 2.45) is 0 Å². The van der Waals surface area contributed by atoms with Crippen LogP contribution in [0.25, 0.3) is 93.9 Å². The minimum atomic E-state index is 1.09. The van der Waals surface area contributed by atoms with E-state index in [0.29, 0.717) is 0 Å². The van der Waals surface area contributed by atoms with E-state index in [9.17, 15) is 0 Å². The predicted molar refractivity (Wildman–Crippen MR) is 254 cm³/mol. The van der Waals surface area contributed by atoms with Gasteiger partial charge in [0.25, 0.3) is 0 Å². The van der Waals surface area contributed by atoms with Gasteiger partial charge in [-0.15, -0.1) is 0 Å². The minimum absolute atomic E-state index is 1.09. The molecular formula is C58H38N2. The lowest BCUT2D eigenvalue weighted by atomic mass is 9.92. The molecule has 280 valence electrons. The number of para-hydroxylation sites is 1. The highest BCUT2D eigenvalue weighted by Crippen LogP contribution is 2.50. The van der Waals surface area contributed by atoms with Crippen molar-refractivity contribution < 1.29 is 0 Å². The van der Waals surface area contributed by atoms with Crippen LogP contribution in [0.4, 0.5) is 17.1 Å². The van der Waals surface area contributed by atoms with Crippen LogP contribution in [0.5, 0.6) is 0 Å². The lowest BCUT2D eigenvalue weighted by Crippen LogP contribution is -2.10. The van der Waals surface area contributed by atoms with E-state index < -0.39 is 0 Å². The molecule has 0 radical (unpaired) electrons. The summed E-state index contributed by atoms with van der Waals surface area (Å²) in [4.78, 5) is 2.36. The number of benzene rings is 10. The molecule has 1 heterocycles. The maximum atomic E-state index is 2.45. The summed E-state index contributed by atoms with van der Waals surface area (Å²) < 4.78 is 2.45. The fourth-order valence-electron chi connectivity index (χ4n) is 9.55. The monoisotopic (exact) mass is 762 g/mol. The number of anilines is 3. The maximum Gasteiger partial charge on any atom is 0.0547 e. The fourth-order valence-corrected chi connectivity index (χ4v) is 9.55. The largest absolute Gasteiger partial charge is 0.311 e. The molecule has 0 saturated heterocycles. The van der Waals surface area contributed by atoms with E-state index >= 15 is 0 Å². The third-order valence-corrected chi connectivity index (χ3v) is 12.3. The molecule has 0 aliphatic heterocycles. The van der Waals surface area contributed by atoms with E-state index in [4.69, 9.17) is 0 Å². The Hall–Kier alpha value is -7.94. The first kappa shape index (κ1) is 34.1.